The Hall–Kier alpha value is -2.27. The van der Waals surface area contributed by atoms with Crippen LogP contribution in [0.3, 0.4) is 0 Å². The molecule has 3 aromatic rings. The van der Waals surface area contributed by atoms with Crippen LogP contribution in [0.5, 0.6) is 0 Å². The molecule has 0 fully saturated rings. The van der Waals surface area contributed by atoms with E-state index in [-0.39, 0.29) is 5.82 Å². The molecule has 106 valence electrons. The number of aryl methyl sites for hydroxylation is 1. The molecule has 5 heteroatoms. The highest BCUT2D eigenvalue weighted by atomic mass is 32.1. The van der Waals surface area contributed by atoms with E-state index in [1.807, 2.05) is 25.1 Å². The molecule has 1 N–H and O–H groups in total. The number of hydrogen-bond donors (Lipinski definition) is 1. The summed E-state index contributed by atoms with van der Waals surface area (Å²) < 4.78 is 12.9. The molecule has 3 rings (SSSR count). The Kier molecular flexibility index (Phi) is 3.92. The average molecular weight is 299 g/mol. The second-order valence-corrected chi connectivity index (χ2v) is 5.75. The number of pyridine rings is 1. The molecule has 0 bridgehead atoms. The smallest absolute Gasteiger partial charge is 0.188 e. The van der Waals surface area contributed by atoms with Crippen LogP contribution < -0.4 is 5.32 Å². The Bertz CT molecular complexity index is 723. The van der Waals surface area contributed by atoms with Crippen molar-refractivity contribution in [2.24, 2.45) is 0 Å². The quantitative estimate of drug-likeness (QED) is 0.779. The molecule has 3 nitrogen and oxygen atoms in total. The van der Waals surface area contributed by atoms with Gasteiger partial charge in [-0.15, -0.1) is 11.3 Å². The molecular weight excluding hydrogens is 285 g/mol. The molecule has 0 aliphatic rings. The van der Waals surface area contributed by atoms with E-state index in [1.165, 1.54) is 17.0 Å². The molecule has 1 aromatic carbocycles. The molecule has 2 aromatic heterocycles. The standard InChI is InChI=1S/C16H14FN3S/c1-11-14(10-12-5-7-13(17)8-6-12)21-16(19-11)20-15-4-2-3-9-18-15/h2-9H,10H2,1H3,(H,18,19,20). The number of nitrogens with zero attached hydrogens (tertiary/aromatic N) is 2. The van der Waals surface area contributed by atoms with E-state index >= 15 is 0 Å². The normalized spacial score (nSPS) is 10.6. The second kappa shape index (κ2) is 6.01. The Labute approximate surface area is 126 Å². The highest BCUT2D eigenvalue weighted by molar-refractivity contribution is 7.15. The first-order valence-electron chi connectivity index (χ1n) is 6.59. The Morgan fingerprint density at radius 1 is 1.14 bits per heavy atom. The van der Waals surface area contributed by atoms with Crippen molar-refractivity contribution in [2.75, 3.05) is 5.32 Å². The summed E-state index contributed by atoms with van der Waals surface area (Å²) >= 11 is 1.60. The third kappa shape index (κ3) is 3.44. The van der Waals surface area contributed by atoms with Crippen molar-refractivity contribution in [3.63, 3.8) is 0 Å². The van der Waals surface area contributed by atoms with Crippen LogP contribution in [0.2, 0.25) is 0 Å². The lowest BCUT2D eigenvalue weighted by Gasteiger charge is -2.00. The predicted octanol–water partition coefficient (Wildman–Crippen LogP) is 4.32. The molecule has 0 radical (unpaired) electrons. The molecule has 0 unspecified atom stereocenters. The maximum Gasteiger partial charge on any atom is 0.188 e. The fourth-order valence-electron chi connectivity index (χ4n) is 1.98. The number of hydrogen-bond acceptors (Lipinski definition) is 4. The van der Waals surface area contributed by atoms with Crippen molar-refractivity contribution in [1.82, 2.24) is 9.97 Å². The fourth-order valence-corrected chi connectivity index (χ4v) is 2.98. The number of aromatic nitrogens is 2. The van der Waals surface area contributed by atoms with Crippen LogP contribution in [-0.2, 0) is 6.42 Å². The number of nitrogens with one attached hydrogen (secondary N) is 1. The molecule has 0 amide bonds. The van der Waals surface area contributed by atoms with Gasteiger partial charge in [0, 0.05) is 17.5 Å². The average Bonchev–Trinajstić information content (AvgIpc) is 2.82. The largest absolute Gasteiger partial charge is 0.316 e. The van der Waals surface area contributed by atoms with Crippen molar-refractivity contribution in [1.29, 1.82) is 0 Å². The van der Waals surface area contributed by atoms with Crippen LogP contribution in [0, 0.1) is 12.7 Å². The topological polar surface area (TPSA) is 37.8 Å². The zero-order valence-electron chi connectivity index (χ0n) is 11.5. The first-order chi connectivity index (χ1) is 10.2. The van der Waals surface area contributed by atoms with Gasteiger partial charge in [-0.3, -0.25) is 0 Å². The number of halogens is 1. The molecule has 0 saturated carbocycles. The monoisotopic (exact) mass is 299 g/mol. The van der Waals surface area contributed by atoms with E-state index < -0.39 is 0 Å². The van der Waals surface area contributed by atoms with Gasteiger partial charge in [0.15, 0.2) is 5.13 Å². The zero-order chi connectivity index (χ0) is 14.7. The summed E-state index contributed by atoms with van der Waals surface area (Å²) in [6.07, 6.45) is 2.50. The molecular formula is C16H14FN3S. The minimum Gasteiger partial charge on any atom is -0.316 e. The summed E-state index contributed by atoms with van der Waals surface area (Å²) in [4.78, 5) is 9.90. The van der Waals surface area contributed by atoms with Gasteiger partial charge in [0.25, 0.3) is 0 Å². The van der Waals surface area contributed by atoms with Crippen LogP contribution in [0.25, 0.3) is 0 Å². The highest BCUT2D eigenvalue weighted by Gasteiger charge is 2.09. The van der Waals surface area contributed by atoms with Crippen molar-refractivity contribution in [2.45, 2.75) is 13.3 Å². The molecule has 2 heterocycles. The predicted molar refractivity (Wildman–Crippen MR) is 83.6 cm³/mol. The summed E-state index contributed by atoms with van der Waals surface area (Å²) in [6, 6.07) is 12.3. The first-order valence-corrected chi connectivity index (χ1v) is 7.41. The first kappa shape index (κ1) is 13.7. The van der Waals surface area contributed by atoms with Gasteiger partial charge in [-0.25, -0.2) is 14.4 Å². The van der Waals surface area contributed by atoms with Crippen LogP contribution in [0.15, 0.2) is 48.7 Å². The molecule has 0 atom stereocenters. The second-order valence-electron chi connectivity index (χ2n) is 4.67. The van der Waals surface area contributed by atoms with Crippen LogP contribution >= 0.6 is 11.3 Å². The third-order valence-corrected chi connectivity index (χ3v) is 4.14. The highest BCUT2D eigenvalue weighted by Crippen LogP contribution is 2.27. The van der Waals surface area contributed by atoms with Gasteiger partial charge >= 0.3 is 0 Å². The van der Waals surface area contributed by atoms with E-state index in [1.54, 1.807) is 29.7 Å². The minimum absolute atomic E-state index is 0.211. The summed E-state index contributed by atoms with van der Waals surface area (Å²) in [6.45, 7) is 1.99. The van der Waals surface area contributed by atoms with E-state index in [0.29, 0.717) is 0 Å². The van der Waals surface area contributed by atoms with Gasteiger partial charge in [0.05, 0.1) is 5.69 Å². The summed E-state index contributed by atoms with van der Waals surface area (Å²) in [5.41, 5.74) is 2.07. The maximum absolute atomic E-state index is 12.9. The summed E-state index contributed by atoms with van der Waals surface area (Å²) in [5.74, 6) is 0.567. The SMILES string of the molecule is Cc1nc(Nc2ccccn2)sc1Cc1ccc(F)cc1. The minimum atomic E-state index is -0.211. The van der Waals surface area contributed by atoms with Gasteiger partial charge in [-0.05, 0) is 36.8 Å². The van der Waals surface area contributed by atoms with Gasteiger partial charge in [-0.1, -0.05) is 18.2 Å². The zero-order valence-corrected chi connectivity index (χ0v) is 12.3. The Balaban J connectivity index is 1.76. The fraction of sp³-hybridized carbons (Fsp3) is 0.125. The summed E-state index contributed by atoms with van der Waals surface area (Å²) in [7, 11) is 0. The van der Waals surface area contributed by atoms with Crippen LogP contribution in [0.4, 0.5) is 15.3 Å². The molecule has 21 heavy (non-hydrogen) atoms. The van der Waals surface area contributed by atoms with E-state index in [2.05, 4.69) is 15.3 Å². The lowest BCUT2D eigenvalue weighted by Crippen LogP contribution is -1.91. The number of anilines is 2. The van der Waals surface area contributed by atoms with E-state index in [9.17, 15) is 4.39 Å². The van der Waals surface area contributed by atoms with Gasteiger partial charge < -0.3 is 5.32 Å². The van der Waals surface area contributed by atoms with Crippen molar-refractivity contribution >= 4 is 22.3 Å². The molecule has 0 aliphatic heterocycles. The summed E-state index contributed by atoms with van der Waals surface area (Å²) in [5, 5.41) is 4.02. The van der Waals surface area contributed by atoms with Gasteiger partial charge in [0.1, 0.15) is 11.6 Å². The van der Waals surface area contributed by atoms with Crippen molar-refractivity contribution in [3.05, 3.63) is 70.6 Å². The van der Waals surface area contributed by atoms with Crippen molar-refractivity contribution < 1.29 is 4.39 Å². The molecule has 0 spiro atoms. The lowest BCUT2D eigenvalue weighted by atomic mass is 10.1. The number of thiazole rings is 1. The molecule has 0 aliphatic carbocycles. The maximum atomic E-state index is 12.9. The Morgan fingerprint density at radius 2 is 1.95 bits per heavy atom. The number of rotatable bonds is 4. The van der Waals surface area contributed by atoms with Crippen LogP contribution in [0.1, 0.15) is 16.1 Å². The van der Waals surface area contributed by atoms with Gasteiger partial charge in [0.2, 0.25) is 0 Å². The van der Waals surface area contributed by atoms with Gasteiger partial charge in [-0.2, -0.15) is 0 Å². The van der Waals surface area contributed by atoms with Crippen molar-refractivity contribution in [3.8, 4) is 0 Å². The Morgan fingerprint density at radius 3 is 2.67 bits per heavy atom. The lowest BCUT2D eigenvalue weighted by molar-refractivity contribution is 0.627. The van der Waals surface area contributed by atoms with Crippen LogP contribution in [-0.4, -0.2) is 9.97 Å². The van der Waals surface area contributed by atoms with E-state index in [0.717, 1.165) is 28.6 Å². The van der Waals surface area contributed by atoms with E-state index in [4.69, 9.17) is 0 Å². The number of benzene rings is 1. The third-order valence-electron chi connectivity index (χ3n) is 3.07. The molecule has 0 saturated heterocycles.